The number of anilines is 1. The number of carbonyl (C=O) groups excluding carboxylic acids is 1. The Morgan fingerprint density at radius 3 is 2.88 bits per heavy atom. The third-order valence-corrected chi connectivity index (χ3v) is 5.03. The average Bonchev–Trinajstić information content (AvgIpc) is 3.10. The van der Waals surface area contributed by atoms with Crippen LogP contribution >= 0.6 is 0 Å². The van der Waals surface area contributed by atoms with E-state index in [1.807, 2.05) is 29.2 Å². The number of hydrogen-bond acceptors (Lipinski definition) is 6. The largest absolute Gasteiger partial charge is 0.351 e. The van der Waals surface area contributed by atoms with Gasteiger partial charge in [-0.2, -0.15) is 4.52 Å². The molecule has 0 radical (unpaired) electrons. The van der Waals surface area contributed by atoms with Crippen molar-refractivity contribution >= 4 is 17.4 Å². The first-order valence-electron chi connectivity index (χ1n) is 8.40. The van der Waals surface area contributed by atoms with Crippen LogP contribution in [-0.4, -0.2) is 60.8 Å². The van der Waals surface area contributed by atoms with E-state index in [4.69, 9.17) is 0 Å². The summed E-state index contributed by atoms with van der Waals surface area (Å²) in [7, 11) is 0. The quantitative estimate of drug-likeness (QED) is 0.695. The van der Waals surface area contributed by atoms with Crippen LogP contribution in [0.1, 0.15) is 12.0 Å². The summed E-state index contributed by atoms with van der Waals surface area (Å²) in [6.45, 7) is 1.63. The second-order valence-electron chi connectivity index (χ2n) is 6.61. The van der Waals surface area contributed by atoms with Crippen molar-refractivity contribution in [2.75, 3.05) is 18.0 Å². The first-order valence-corrected chi connectivity index (χ1v) is 8.40. The van der Waals surface area contributed by atoms with E-state index in [1.54, 1.807) is 23.2 Å². The SMILES string of the molecule is O=C(Cc1cccnc1)N1C2CC1CN(c1ccc3nncn3n1)C2. The number of rotatable bonds is 3. The van der Waals surface area contributed by atoms with Crippen LogP contribution in [0.3, 0.4) is 0 Å². The van der Waals surface area contributed by atoms with Gasteiger partial charge in [0.1, 0.15) is 12.1 Å². The maximum Gasteiger partial charge on any atom is 0.227 e. The van der Waals surface area contributed by atoms with Crippen molar-refractivity contribution < 1.29 is 4.79 Å². The molecule has 0 aliphatic carbocycles. The Hall–Kier alpha value is -3.03. The fourth-order valence-electron chi connectivity index (χ4n) is 3.86. The van der Waals surface area contributed by atoms with Gasteiger partial charge in [0.25, 0.3) is 0 Å². The summed E-state index contributed by atoms with van der Waals surface area (Å²) in [5.74, 6) is 1.09. The zero-order chi connectivity index (χ0) is 16.8. The lowest BCUT2D eigenvalue weighted by molar-refractivity contribution is -0.145. The molecule has 0 spiro atoms. The van der Waals surface area contributed by atoms with Gasteiger partial charge >= 0.3 is 0 Å². The molecular weight excluding hydrogens is 318 g/mol. The molecule has 2 bridgehead atoms. The monoisotopic (exact) mass is 335 g/mol. The van der Waals surface area contributed by atoms with Crippen LogP contribution in [0.4, 0.5) is 5.82 Å². The van der Waals surface area contributed by atoms with Crippen molar-refractivity contribution in [1.82, 2.24) is 29.7 Å². The van der Waals surface area contributed by atoms with Crippen LogP contribution in [0.2, 0.25) is 0 Å². The molecule has 0 saturated carbocycles. The lowest BCUT2D eigenvalue weighted by atomic mass is 9.86. The highest BCUT2D eigenvalue weighted by atomic mass is 16.2. The molecule has 6 heterocycles. The number of piperazine rings is 1. The van der Waals surface area contributed by atoms with Gasteiger partial charge < -0.3 is 9.80 Å². The fourth-order valence-corrected chi connectivity index (χ4v) is 3.86. The standard InChI is InChI=1S/C17H17N7O/c25-17(6-12-2-1-5-18-8-12)24-13-7-14(24)10-22(9-13)16-4-3-15-20-19-11-23(15)21-16/h1-5,8,11,13-14H,6-7,9-10H2. The molecule has 126 valence electrons. The molecule has 3 fully saturated rings. The maximum absolute atomic E-state index is 12.6. The Balaban J connectivity index is 1.29. The fraction of sp³-hybridized carbons (Fsp3) is 0.353. The summed E-state index contributed by atoms with van der Waals surface area (Å²) in [5.41, 5.74) is 1.70. The van der Waals surface area contributed by atoms with Crippen molar-refractivity contribution in [3.8, 4) is 0 Å². The van der Waals surface area contributed by atoms with E-state index < -0.39 is 0 Å². The Morgan fingerprint density at radius 2 is 2.08 bits per heavy atom. The molecule has 2 atom stereocenters. The van der Waals surface area contributed by atoms with E-state index >= 15 is 0 Å². The Kier molecular flexibility index (Phi) is 3.16. The summed E-state index contributed by atoms with van der Waals surface area (Å²) in [4.78, 5) is 21.0. The molecule has 3 saturated heterocycles. The molecule has 8 nitrogen and oxygen atoms in total. The molecule has 3 aromatic rings. The number of carbonyl (C=O) groups is 1. The minimum Gasteiger partial charge on any atom is -0.351 e. The molecule has 2 unspecified atom stereocenters. The van der Waals surface area contributed by atoms with Crippen LogP contribution in [0.25, 0.3) is 5.65 Å². The van der Waals surface area contributed by atoms with Gasteiger partial charge in [-0.25, -0.2) is 0 Å². The lowest BCUT2D eigenvalue weighted by Crippen LogP contribution is -2.70. The van der Waals surface area contributed by atoms with E-state index in [2.05, 4.69) is 25.2 Å². The molecular formula is C17H17N7O. The second-order valence-corrected chi connectivity index (χ2v) is 6.61. The molecule has 1 amide bonds. The highest BCUT2D eigenvalue weighted by Crippen LogP contribution is 2.34. The molecule has 6 rings (SSSR count). The summed E-state index contributed by atoms with van der Waals surface area (Å²) in [6, 6.07) is 8.24. The van der Waals surface area contributed by atoms with E-state index in [-0.39, 0.29) is 18.0 Å². The zero-order valence-corrected chi connectivity index (χ0v) is 13.6. The second kappa shape index (κ2) is 5.51. The molecule has 0 aromatic carbocycles. The van der Waals surface area contributed by atoms with Crippen molar-refractivity contribution in [2.24, 2.45) is 0 Å². The minimum atomic E-state index is 0.191. The molecule has 8 heteroatoms. The molecule has 3 aliphatic rings. The number of pyridine rings is 1. The van der Waals surface area contributed by atoms with Gasteiger partial charge in [0.2, 0.25) is 5.91 Å². The molecule has 25 heavy (non-hydrogen) atoms. The smallest absolute Gasteiger partial charge is 0.227 e. The highest BCUT2D eigenvalue weighted by Gasteiger charge is 2.47. The van der Waals surface area contributed by atoms with Gasteiger partial charge in [0.05, 0.1) is 18.5 Å². The van der Waals surface area contributed by atoms with Gasteiger partial charge in [0.15, 0.2) is 5.65 Å². The normalized spacial score (nSPS) is 22.1. The van der Waals surface area contributed by atoms with E-state index in [1.165, 1.54) is 0 Å². The van der Waals surface area contributed by atoms with Crippen molar-refractivity contribution in [3.05, 3.63) is 48.5 Å². The van der Waals surface area contributed by atoms with Gasteiger partial charge in [-0.1, -0.05) is 6.07 Å². The van der Waals surface area contributed by atoms with Crippen molar-refractivity contribution in [3.63, 3.8) is 0 Å². The molecule has 3 aliphatic heterocycles. The summed E-state index contributed by atoms with van der Waals surface area (Å²) in [6.07, 6.45) is 6.59. The highest BCUT2D eigenvalue weighted by molar-refractivity contribution is 5.80. The van der Waals surface area contributed by atoms with Crippen LogP contribution in [0, 0.1) is 0 Å². The van der Waals surface area contributed by atoms with E-state index in [9.17, 15) is 4.79 Å². The predicted octanol–water partition coefficient (Wildman–Crippen LogP) is 0.551. The van der Waals surface area contributed by atoms with Gasteiger partial charge in [-0.05, 0) is 30.2 Å². The Labute approximate surface area is 144 Å². The summed E-state index contributed by atoms with van der Waals surface area (Å²) >= 11 is 0. The predicted molar refractivity (Wildman–Crippen MR) is 90.0 cm³/mol. The van der Waals surface area contributed by atoms with Crippen LogP contribution < -0.4 is 4.90 Å². The summed E-state index contributed by atoms with van der Waals surface area (Å²) < 4.78 is 1.68. The average molecular weight is 335 g/mol. The van der Waals surface area contributed by atoms with Gasteiger partial charge in [-0.3, -0.25) is 9.78 Å². The first kappa shape index (κ1) is 14.3. The van der Waals surface area contributed by atoms with Crippen molar-refractivity contribution in [1.29, 1.82) is 0 Å². The number of hydrogen-bond donors (Lipinski definition) is 0. The lowest BCUT2D eigenvalue weighted by Gasteiger charge is -2.56. The third-order valence-electron chi connectivity index (χ3n) is 5.03. The Bertz CT molecular complexity index is 913. The molecule has 3 aromatic heterocycles. The zero-order valence-electron chi connectivity index (χ0n) is 13.6. The topological polar surface area (TPSA) is 79.5 Å². The van der Waals surface area contributed by atoms with Crippen LogP contribution in [0.15, 0.2) is 43.0 Å². The van der Waals surface area contributed by atoms with E-state index in [0.717, 1.165) is 36.5 Å². The number of piperidine rings is 1. The van der Waals surface area contributed by atoms with Crippen LogP contribution in [0.5, 0.6) is 0 Å². The van der Waals surface area contributed by atoms with Crippen molar-refractivity contribution in [2.45, 2.75) is 24.9 Å². The first-order chi connectivity index (χ1) is 12.3. The molecule has 0 N–H and O–H groups in total. The number of aromatic nitrogens is 5. The number of amides is 1. The minimum absolute atomic E-state index is 0.191. The number of fused-ring (bicyclic) bond motifs is 3. The summed E-state index contributed by atoms with van der Waals surface area (Å²) in [5, 5.41) is 12.4. The Morgan fingerprint density at radius 1 is 1.20 bits per heavy atom. The maximum atomic E-state index is 12.6. The third kappa shape index (κ3) is 2.41. The number of nitrogens with zero attached hydrogens (tertiary/aromatic N) is 7. The van der Waals surface area contributed by atoms with E-state index in [0.29, 0.717) is 6.42 Å². The van der Waals surface area contributed by atoms with Gasteiger partial charge in [0, 0.05) is 25.5 Å². The van der Waals surface area contributed by atoms with Crippen LogP contribution in [-0.2, 0) is 11.2 Å². The van der Waals surface area contributed by atoms with Gasteiger partial charge in [-0.15, -0.1) is 15.3 Å².